The van der Waals surface area contributed by atoms with E-state index in [9.17, 15) is 4.79 Å². The van der Waals surface area contributed by atoms with Crippen LogP contribution in [0.15, 0.2) is 24.3 Å². The van der Waals surface area contributed by atoms with Gasteiger partial charge in [0.25, 0.3) is 0 Å². The molecule has 0 fully saturated rings. The molecule has 1 aliphatic carbocycles. The van der Waals surface area contributed by atoms with Gasteiger partial charge >= 0.3 is 0 Å². The number of thiophene rings is 1. The standard InChI is InChI=1S/C15H13ClO2S/c1-18-12-6-5-10(16)8-11(12)15(17)14-7-9-3-2-4-13(9)19-14/h5-8H,2-4H2,1H3. The first-order valence-electron chi connectivity index (χ1n) is 6.19. The Labute approximate surface area is 121 Å². The third-order valence-electron chi connectivity index (χ3n) is 3.38. The van der Waals surface area contributed by atoms with Crippen LogP contribution in [-0.4, -0.2) is 12.9 Å². The number of fused-ring (bicyclic) bond motifs is 1. The normalized spacial score (nSPS) is 13.4. The van der Waals surface area contributed by atoms with E-state index in [0.29, 0.717) is 16.3 Å². The summed E-state index contributed by atoms with van der Waals surface area (Å²) in [6.07, 6.45) is 3.39. The van der Waals surface area contributed by atoms with Crippen LogP contribution in [0.5, 0.6) is 5.75 Å². The number of ether oxygens (including phenoxy) is 1. The maximum atomic E-state index is 12.6. The van der Waals surface area contributed by atoms with Crippen molar-refractivity contribution >= 4 is 28.7 Å². The lowest BCUT2D eigenvalue weighted by atomic mass is 10.1. The van der Waals surface area contributed by atoms with E-state index in [1.807, 2.05) is 6.07 Å². The topological polar surface area (TPSA) is 26.3 Å². The summed E-state index contributed by atoms with van der Waals surface area (Å²) in [6.45, 7) is 0. The first kappa shape index (κ1) is 12.7. The average Bonchev–Trinajstić information content (AvgIpc) is 2.98. The monoisotopic (exact) mass is 292 g/mol. The summed E-state index contributed by atoms with van der Waals surface area (Å²) in [4.78, 5) is 14.7. The molecule has 2 nitrogen and oxygen atoms in total. The number of hydrogen-bond acceptors (Lipinski definition) is 3. The van der Waals surface area contributed by atoms with Crippen LogP contribution in [0.2, 0.25) is 5.02 Å². The zero-order valence-electron chi connectivity index (χ0n) is 10.5. The number of ketones is 1. The van der Waals surface area contributed by atoms with Gasteiger partial charge in [-0.15, -0.1) is 11.3 Å². The number of halogens is 1. The number of carbonyl (C=O) groups is 1. The minimum Gasteiger partial charge on any atom is -0.496 e. The molecule has 0 spiro atoms. The minimum atomic E-state index is -0.00116. The molecule has 0 aliphatic heterocycles. The molecule has 0 saturated heterocycles. The van der Waals surface area contributed by atoms with Gasteiger partial charge in [0.2, 0.25) is 5.78 Å². The van der Waals surface area contributed by atoms with Crippen LogP contribution in [0, 0.1) is 0 Å². The summed E-state index contributed by atoms with van der Waals surface area (Å²) >= 11 is 7.58. The van der Waals surface area contributed by atoms with E-state index >= 15 is 0 Å². The number of carbonyl (C=O) groups excluding carboxylic acids is 1. The molecule has 1 aromatic heterocycles. The van der Waals surface area contributed by atoms with E-state index in [1.54, 1.807) is 36.6 Å². The molecule has 1 aliphatic rings. The van der Waals surface area contributed by atoms with Gasteiger partial charge in [0, 0.05) is 9.90 Å². The molecule has 0 unspecified atom stereocenters. The molecule has 1 aromatic carbocycles. The second-order valence-electron chi connectivity index (χ2n) is 4.59. The Kier molecular flexibility index (Phi) is 3.33. The Hall–Kier alpha value is -1.32. The molecule has 0 saturated carbocycles. The molecule has 4 heteroatoms. The highest BCUT2D eigenvalue weighted by Gasteiger charge is 2.21. The van der Waals surface area contributed by atoms with Crippen molar-refractivity contribution in [3.8, 4) is 5.75 Å². The van der Waals surface area contributed by atoms with Crippen LogP contribution in [0.1, 0.15) is 32.1 Å². The zero-order chi connectivity index (χ0) is 13.4. The molecule has 2 aromatic rings. The fraction of sp³-hybridized carbons (Fsp3) is 0.267. The summed E-state index contributed by atoms with van der Waals surface area (Å²) in [5, 5.41) is 0.549. The van der Waals surface area contributed by atoms with Gasteiger partial charge in [-0.3, -0.25) is 4.79 Å². The van der Waals surface area contributed by atoms with Crippen molar-refractivity contribution in [2.75, 3.05) is 7.11 Å². The molecule has 0 atom stereocenters. The number of rotatable bonds is 3. The summed E-state index contributed by atoms with van der Waals surface area (Å²) in [5.74, 6) is 0.571. The van der Waals surface area contributed by atoms with Crippen LogP contribution in [0.25, 0.3) is 0 Å². The summed E-state index contributed by atoms with van der Waals surface area (Å²) < 4.78 is 5.25. The van der Waals surface area contributed by atoms with Gasteiger partial charge in [0.1, 0.15) is 5.75 Å². The maximum Gasteiger partial charge on any atom is 0.206 e. The first-order chi connectivity index (χ1) is 9.19. The van der Waals surface area contributed by atoms with Crippen LogP contribution in [-0.2, 0) is 12.8 Å². The zero-order valence-corrected chi connectivity index (χ0v) is 12.1. The largest absolute Gasteiger partial charge is 0.496 e. The Bertz CT molecular complexity index is 624. The van der Waals surface area contributed by atoms with Crippen LogP contribution < -0.4 is 4.74 Å². The van der Waals surface area contributed by atoms with Gasteiger partial charge in [-0.1, -0.05) is 11.6 Å². The second-order valence-corrected chi connectivity index (χ2v) is 6.16. The van der Waals surface area contributed by atoms with E-state index in [2.05, 4.69) is 0 Å². The maximum absolute atomic E-state index is 12.6. The summed E-state index contributed by atoms with van der Waals surface area (Å²) in [7, 11) is 1.56. The third-order valence-corrected chi connectivity index (χ3v) is 4.85. The SMILES string of the molecule is COc1ccc(Cl)cc1C(=O)c1cc2c(s1)CCC2. The van der Waals surface area contributed by atoms with Gasteiger partial charge in [-0.05, 0) is 49.1 Å². The van der Waals surface area contributed by atoms with E-state index in [-0.39, 0.29) is 5.78 Å². The molecular formula is C15H13ClO2S. The number of benzene rings is 1. The van der Waals surface area contributed by atoms with Gasteiger partial charge < -0.3 is 4.74 Å². The predicted molar refractivity (Wildman–Crippen MR) is 77.8 cm³/mol. The van der Waals surface area contributed by atoms with Gasteiger partial charge in [0.15, 0.2) is 0 Å². The minimum absolute atomic E-state index is 0.00116. The molecular weight excluding hydrogens is 280 g/mol. The van der Waals surface area contributed by atoms with Crippen molar-refractivity contribution in [2.24, 2.45) is 0 Å². The van der Waals surface area contributed by atoms with Crippen molar-refractivity contribution in [1.29, 1.82) is 0 Å². The summed E-state index contributed by atoms with van der Waals surface area (Å²) in [5.41, 5.74) is 1.87. The molecule has 0 N–H and O–H groups in total. The number of methoxy groups -OCH3 is 1. The second kappa shape index (κ2) is 4.99. The highest BCUT2D eigenvalue weighted by molar-refractivity contribution is 7.14. The average molecular weight is 293 g/mol. The van der Waals surface area contributed by atoms with E-state index in [1.165, 1.54) is 16.9 Å². The predicted octanol–water partition coefficient (Wildman–Crippen LogP) is 4.13. The Morgan fingerprint density at radius 3 is 2.89 bits per heavy atom. The highest BCUT2D eigenvalue weighted by atomic mass is 35.5. The van der Waals surface area contributed by atoms with Crippen molar-refractivity contribution < 1.29 is 9.53 Å². The van der Waals surface area contributed by atoms with E-state index in [0.717, 1.165) is 17.7 Å². The lowest BCUT2D eigenvalue weighted by Crippen LogP contribution is -2.02. The summed E-state index contributed by atoms with van der Waals surface area (Å²) in [6, 6.07) is 7.16. The van der Waals surface area contributed by atoms with E-state index in [4.69, 9.17) is 16.3 Å². The fourth-order valence-electron chi connectivity index (χ4n) is 2.43. The lowest BCUT2D eigenvalue weighted by molar-refractivity contribution is 0.103. The molecule has 3 rings (SSSR count). The number of hydrogen-bond donors (Lipinski definition) is 0. The molecule has 1 heterocycles. The molecule has 0 radical (unpaired) electrons. The van der Waals surface area contributed by atoms with Gasteiger partial charge in [-0.2, -0.15) is 0 Å². The number of aryl methyl sites for hydroxylation is 2. The Balaban J connectivity index is 2.01. The molecule has 98 valence electrons. The molecule has 0 amide bonds. The van der Waals surface area contributed by atoms with Crippen molar-refractivity contribution in [2.45, 2.75) is 19.3 Å². The quantitative estimate of drug-likeness (QED) is 0.795. The van der Waals surface area contributed by atoms with Crippen LogP contribution >= 0.6 is 22.9 Å². The molecule has 0 bridgehead atoms. The highest BCUT2D eigenvalue weighted by Crippen LogP contribution is 2.33. The van der Waals surface area contributed by atoms with Crippen LogP contribution in [0.4, 0.5) is 0 Å². The van der Waals surface area contributed by atoms with Crippen molar-refractivity contribution in [3.63, 3.8) is 0 Å². The first-order valence-corrected chi connectivity index (χ1v) is 7.38. The smallest absolute Gasteiger partial charge is 0.206 e. The Morgan fingerprint density at radius 2 is 2.16 bits per heavy atom. The van der Waals surface area contributed by atoms with Crippen molar-refractivity contribution in [3.05, 3.63) is 50.2 Å². The van der Waals surface area contributed by atoms with Gasteiger partial charge in [0.05, 0.1) is 17.6 Å². The Morgan fingerprint density at radius 1 is 1.32 bits per heavy atom. The lowest BCUT2D eigenvalue weighted by Gasteiger charge is -2.06. The fourth-order valence-corrected chi connectivity index (χ4v) is 3.81. The van der Waals surface area contributed by atoms with Crippen LogP contribution in [0.3, 0.4) is 0 Å². The van der Waals surface area contributed by atoms with E-state index < -0.39 is 0 Å². The van der Waals surface area contributed by atoms with Gasteiger partial charge in [-0.25, -0.2) is 0 Å². The molecule has 19 heavy (non-hydrogen) atoms. The van der Waals surface area contributed by atoms with Crippen molar-refractivity contribution in [1.82, 2.24) is 0 Å². The third kappa shape index (κ3) is 2.28.